The number of thiophene rings is 1. The number of hydrogen-bond acceptors (Lipinski definition) is 17. The summed E-state index contributed by atoms with van der Waals surface area (Å²) in [6.07, 6.45) is 10.4. The Morgan fingerprint density at radius 3 is 1.65 bits per heavy atom. The molecule has 0 saturated heterocycles. The third-order valence-corrected chi connectivity index (χ3v) is 17.5. The average molecular weight is 1450 g/mol. The summed E-state index contributed by atoms with van der Waals surface area (Å²) < 4.78 is 73.8. The first kappa shape index (κ1) is 71.3. The Labute approximate surface area is 601 Å². The van der Waals surface area contributed by atoms with E-state index in [1.807, 2.05) is 18.2 Å². The Morgan fingerprint density at radius 1 is 0.613 bits per heavy atom. The second-order valence-corrected chi connectivity index (χ2v) is 24.1. The smallest absolute Gasteiger partial charge is 0.284 e. The van der Waals surface area contributed by atoms with Crippen molar-refractivity contribution in [2.24, 2.45) is 26.9 Å². The zero-order valence-electron chi connectivity index (χ0n) is 57.1. The van der Waals surface area contributed by atoms with Crippen LogP contribution in [-0.2, 0) is 21.1 Å². The largest absolute Gasteiger partial charge is 0.451 e. The van der Waals surface area contributed by atoms with Crippen LogP contribution in [0.1, 0.15) is 71.0 Å². The van der Waals surface area contributed by atoms with Crippen molar-refractivity contribution in [3.8, 4) is 52.2 Å². The van der Waals surface area contributed by atoms with Crippen molar-refractivity contribution < 1.29 is 46.6 Å². The van der Waals surface area contributed by atoms with E-state index in [4.69, 9.17) is 19.9 Å². The highest BCUT2D eigenvalue weighted by Gasteiger charge is 2.27. The molecule has 14 aromatic rings. The van der Waals surface area contributed by atoms with E-state index in [2.05, 4.69) is 47.7 Å². The van der Waals surface area contributed by atoms with Gasteiger partial charge >= 0.3 is 0 Å². The van der Waals surface area contributed by atoms with Crippen LogP contribution in [0.4, 0.5) is 30.2 Å². The molecule has 0 aliphatic heterocycles. The molecule has 532 valence electrons. The lowest BCUT2D eigenvalue weighted by Crippen LogP contribution is -2.25. The van der Waals surface area contributed by atoms with Crippen LogP contribution in [0.3, 0.4) is 0 Å². The molecule has 0 saturated carbocycles. The first-order valence-electron chi connectivity index (χ1n) is 31.8. The molecule has 0 spiro atoms. The number of benzene rings is 5. The van der Waals surface area contributed by atoms with Gasteiger partial charge in [0.1, 0.15) is 40.2 Å². The average Bonchev–Trinajstić information content (AvgIpc) is 1.63. The number of allylic oxidation sites excluding steroid dienone is 3. The van der Waals surface area contributed by atoms with E-state index < -0.39 is 57.8 Å². The second kappa shape index (κ2) is 30.0. The lowest BCUT2D eigenvalue weighted by molar-refractivity contribution is 0.0995. The van der Waals surface area contributed by atoms with Gasteiger partial charge in [0.15, 0.2) is 46.1 Å². The van der Waals surface area contributed by atoms with Crippen LogP contribution < -0.4 is 52.6 Å². The molecule has 4 amide bonds. The summed E-state index contributed by atoms with van der Waals surface area (Å²) >= 11 is 1.33. The predicted octanol–water partition coefficient (Wildman–Crippen LogP) is 11.7. The summed E-state index contributed by atoms with van der Waals surface area (Å²) in [6, 6.07) is 38.1. The molecule has 106 heavy (non-hydrogen) atoms. The molecule has 32 heteroatoms. The topological polar surface area (TPSA) is 336 Å². The number of rotatable bonds is 17. The molecular formula is C74H59F3N18O10S. The molecule has 0 aliphatic carbocycles. The maximum atomic E-state index is 15.0. The number of halogens is 3. The summed E-state index contributed by atoms with van der Waals surface area (Å²) in [4.78, 5) is 102. The highest BCUT2D eigenvalue weighted by Crippen LogP contribution is 2.38. The number of pyridine rings is 1. The normalized spacial score (nSPS) is 11.0. The summed E-state index contributed by atoms with van der Waals surface area (Å²) in [6.45, 7) is 10.6. The van der Waals surface area contributed by atoms with E-state index in [0.29, 0.717) is 55.5 Å². The number of nitrogens with zero attached hydrogens (tertiary/aromatic N) is 14. The lowest BCUT2D eigenvalue weighted by atomic mass is 10.2. The van der Waals surface area contributed by atoms with E-state index in [9.17, 15) is 52.0 Å². The van der Waals surface area contributed by atoms with Gasteiger partial charge in [-0.15, -0.1) is 11.3 Å². The Balaban J connectivity index is 0.000000149. The molecule has 0 bridgehead atoms. The Kier molecular flexibility index (Phi) is 20.2. The number of nitriles is 1. The Hall–Kier alpha value is -14.5. The molecule has 5 N–H and O–H groups in total. The highest BCUT2D eigenvalue weighted by molar-refractivity contribution is 7.17. The summed E-state index contributed by atoms with van der Waals surface area (Å²) in [5.41, 5.74) is 8.93. The van der Waals surface area contributed by atoms with Crippen molar-refractivity contribution in [2.45, 2.75) is 27.7 Å². The number of hydrogen-bond donors (Lipinski definition) is 4. The fourth-order valence-corrected chi connectivity index (χ4v) is 12.0. The SMILES string of the molecule is C=C(/C=C\C)n1c(=O)c(C(=O)Nc2ccc(Oc3ncnn4cc(C(N)=O)cc34)c(F)c2)c(C)n1C.Cc1c(C(=O)Nc2ccc(Oc3c(C#N)cnc4ccsc34)c(F)c2)c(=O)n(-c2ccccc2)n1C.Cc1c(C(=O)Nc2ccc(Oc3ccnc4ccnn34)c(F)c2)c(=O)n(-c2ccccc2)n1C. The van der Waals surface area contributed by atoms with E-state index in [-0.39, 0.29) is 79.6 Å². The van der Waals surface area contributed by atoms with Gasteiger partial charge < -0.3 is 35.9 Å². The van der Waals surface area contributed by atoms with Crippen molar-refractivity contribution in [1.29, 1.82) is 5.26 Å². The van der Waals surface area contributed by atoms with E-state index in [1.54, 1.807) is 149 Å². The summed E-state index contributed by atoms with van der Waals surface area (Å²) in [5, 5.41) is 27.0. The number of carbonyl (C=O) groups excluding carboxylic acids is 4. The van der Waals surface area contributed by atoms with Crippen LogP contribution in [-0.4, -0.2) is 85.9 Å². The fraction of sp³-hybridized carbons (Fsp3) is 0.0946. The fourth-order valence-electron chi connectivity index (χ4n) is 11.2. The number of carbonyl (C=O) groups is 4. The van der Waals surface area contributed by atoms with Gasteiger partial charge in [0.05, 0.1) is 56.1 Å². The number of amides is 4. The van der Waals surface area contributed by atoms with Gasteiger partial charge in [0.25, 0.3) is 34.4 Å². The van der Waals surface area contributed by atoms with Crippen molar-refractivity contribution in [2.75, 3.05) is 16.0 Å². The quantitative estimate of drug-likeness (QED) is 0.0615. The van der Waals surface area contributed by atoms with Gasteiger partial charge in [-0.05, 0) is 112 Å². The van der Waals surface area contributed by atoms with E-state index in [0.717, 1.165) is 18.2 Å². The molecule has 0 atom stereocenters. The van der Waals surface area contributed by atoms with Crippen LogP contribution >= 0.6 is 11.3 Å². The van der Waals surface area contributed by atoms with Crippen LogP contribution in [0.15, 0.2) is 209 Å². The highest BCUT2D eigenvalue weighted by atomic mass is 32.1. The number of nitrogens with one attached hydrogen (secondary N) is 3. The van der Waals surface area contributed by atoms with Gasteiger partial charge in [-0.3, -0.25) is 52.6 Å². The molecule has 0 fully saturated rings. The number of aromatic nitrogens is 13. The maximum absolute atomic E-state index is 15.0. The third kappa shape index (κ3) is 14.2. The van der Waals surface area contributed by atoms with Crippen LogP contribution in [0.5, 0.6) is 34.8 Å². The first-order chi connectivity index (χ1) is 50.9. The molecule has 14 rings (SSSR count). The third-order valence-electron chi connectivity index (χ3n) is 16.6. The maximum Gasteiger partial charge on any atom is 0.284 e. The minimum absolute atomic E-state index is 0.00463. The second-order valence-electron chi connectivity index (χ2n) is 23.2. The van der Waals surface area contributed by atoms with Gasteiger partial charge in [-0.1, -0.05) is 49.1 Å². The van der Waals surface area contributed by atoms with Crippen LogP contribution in [0.2, 0.25) is 0 Å². The summed E-state index contributed by atoms with van der Waals surface area (Å²) in [5.74, 6) is -4.74. The van der Waals surface area contributed by atoms with Crippen molar-refractivity contribution in [1.82, 2.24) is 62.3 Å². The zero-order chi connectivity index (χ0) is 75.4. The standard InChI is InChI=1S/C26H18FN5O3S.C24H22FN7O4.C24H19FN6O3/c1-15-22(26(34)32(31(15)2)18-6-4-3-5-7-18)25(33)30-17-8-9-21(19(27)12-17)35-23-16(13-28)14-29-20-10-11-36-24(20)23;1-5-6-13(2)32-24(35)20(14(3)30(32)4)22(34)29-16-7-8-19(17(25)10-16)36-23-18-9-15(21(26)33)11-31(18)28-12-27-23;1-15-22(24(33)31(29(15)2)17-6-4-3-5-7-17)23(32)28-16-8-9-19(18(25)14-16)34-21-11-12-26-20-10-13-27-30(20)21/h3-12,14H,1-2H3,(H,30,33);5-12H,2H2,1,3-4H3,(H2,26,33)(H,29,34);3-14H,1-2H3,(H,28,32)/b;6-5-;. The van der Waals surface area contributed by atoms with Crippen molar-refractivity contribution in [3.05, 3.63) is 288 Å². The molecule has 9 aromatic heterocycles. The van der Waals surface area contributed by atoms with Gasteiger partial charge in [0.2, 0.25) is 17.7 Å². The van der Waals surface area contributed by atoms with Crippen LogP contribution in [0.25, 0.3) is 38.5 Å². The molecule has 0 aliphatic rings. The lowest BCUT2D eigenvalue weighted by Gasteiger charge is -2.11. The Morgan fingerprint density at radius 2 is 1.13 bits per heavy atom. The first-order valence-corrected chi connectivity index (χ1v) is 32.7. The van der Waals surface area contributed by atoms with Gasteiger partial charge in [-0.2, -0.15) is 25.0 Å². The Bertz CT molecular complexity index is 6120. The molecule has 0 unspecified atom stereocenters. The minimum Gasteiger partial charge on any atom is -0.451 e. The monoisotopic (exact) mass is 1450 g/mol. The summed E-state index contributed by atoms with van der Waals surface area (Å²) in [7, 11) is 5.02. The number of ether oxygens (including phenoxy) is 3. The number of fused-ring (bicyclic) bond motifs is 3. The number of anilines is 3. The van der Waals surface area contributed by atoms with E-state index >= 15 is 0 Å². The number of para-hydroxylation sites is 2. The minimum atomic E-state index is -0.796. The van der Waals surface area contributed by atoms with Crippen molar-refractivity contribution in [3.63, 3.8) is 0 Å². The van der Waals surface area contributed by atoms with Crippen LogP contribution in [0, 0.1) is 49.6 Å². The predicted molar refractivity (Wildman–Crippen MR) is 388 cm³/mol. The van der Waals surface area contributed by atoms with Crippen molar-refractivity contribution >= 4 is 79.1 Å². The molecule has 9 heterocycles. The van der Waals surface area contributed by atoms with E-state index in [1.165, 1.54) is 106 Å². The van der Waals surface area contributed by atoms with Gasteiger partial charge in [-0.25, -0.2) is 36.7 Å². The zero-order valence-corrected chi connectivity index (χ0v) is 57.9. The number of primary amides is 1. The molecular weight excluding hydrogens is 1390 g/mol. The number of nitrogens with two attached hydrogens (primary N) is 1. The molecule has 5 aromatic carbocycles. The molecule has 28 nitrogen and oxygen atoms in total. The molecule has 0 radical (unpaired) electrons. The van der Waals surface area contributed by atoms with Gasteiger partial charge in [0, 0.05) is 87.1 Å².